The molecule has 2 bridgehead atoms. The monoisotopic (exact) mass is 248 g/mol. The van der Waals surface area contributed by atoms with Crippen molar-refractivity contribution in [1.29, 1.82) is 0 Å². The summed E-state index contributed by atoms with van der Waals surface area (Å²) >= 11 is 0. The Balaban J connectivity index is 1.65. The van der Waals surface area contributed by atoms with Gasteiger partial charge in [-0.2, -0.15) is 0 Å². The third kappa shape index (κ3) is 2.34. The second-order valence-electron chi connectivity index (χ2n) is 5.80. The van der Waals surface area contributed by atoms with Gasteiger partial charge in [-0.25, -0.2) is 0 Å². The van der Waals surface area contributed by atoms with Crippen molar-refractivity contribution in [3.63, 3.8) is 0 Å². The minimum Gasteiger partial charge on any atom is -0.465 e. The molecule has 3 nitrogen and oxygen atoms in total. The van der Waals surface area contributed by atoms with Gasteiger partial charge in [-0.05, 0) is 51.3 Å². The Kier molecular flexibility index (Phi) is 3.44. The van der Waals surface area contributed by atoms with E-state index < -0.39 is 0 Å². The Hall–Kier alpha value is -0.800. The third-order valence-electron chi connectivity index (χ3n) is 4.51. The lowest BCUT2D eigenvalue weighted by atomic mass is 9.97. The van der Waals surface area contributed by atoms with Gasteiger partial charge in [0.25, 0.3) is 0 Å². The van der Waals surface area contributed by atoms with Crippen molar-refractivity contribution in [1.82, 2.24) is 10.2 Å². The van der Waals surface area contributed by atoms with E-state index in [-0.39, 0.29) is 0 Å². The van der Waals surface area contributed by atoms with Crippen LogP contribution in [0.4, 0.5) is 0 Å². The molecule has 100 valence electrons. The van der Waals surface area contributed by atoms with E-state index in [9.17, 15) is 0 Å². The Morgan fingerprint density at radius 1 is 1.28 bits per heavy atom. The van der Waals surface area contributed by atoms with Crippen molar-refractivity contribution in [3.05, 3.63) is 23.7 Å². The van der Waals surface area contributed by atoms with Gasteiger partial charge in [0.15, 0.2) is 0 Å². The quantitative estimate of drug-likeness (QED) is 0.888. The van der Waals surface area contributed by atoms with Crippen LogP contribution in [-0.4, -0.2) is 29.6 Å². The van der Waals surface area contributed by atoms with E-state index in [1.165, 1.54) is 25.7 Å². The first-order chi connectivity index (χ1) is 8.76. The summed E-state index contributed by atoms with van der Waals surface area (Å²) in [6, 6.07) is 6.46. The van der Waals surface area contributed by atoms with E-state index in [1.54, 1.807) is 0 Å². The Morgan fingerprint density at radius 3 is 2.56 bits per heavy atom. The first-order valence-electron chi connectivity index (χ1n) is 7.30. The smallest absolute Gasteiger partial charge is 0.118 e. The van der Waals surface area contributed by atoms with Crippen LogP contribution in [-0.2, 0) is 6.54 Å². The average Bonchev–Trinajstić information content (AvgIpc) is 2.83. The second kappa shape index (κ2) is 5.06. The van der Waals surface area contributed by atoms with Crippen LogP contribution in [0.15, 0.2) is 16.5 Å². The number of furan rings is 1. The number of aryl methyl sites for hydroxylation is 1. The van der Waals surface area contributed by atoms with E-state index in [2.05, 4.69) is 29.3 Å². The van der Waals surface area contributed by atoms with Gasteiger partial charge >= 0.3 is 0 Å². The van der Waals surface area contributed by atoms with Crippen LogP contribution >= 0.6 is 0 Å². The molecule has 2 aliphatic rings. The van der Waals surface area contributed by atoms with Gasteiger partial charge in [0.05, 0.1) is 6.54 Å². The Bertz CT molecular complexity index is 387. The van der Waals surface area contributed by atoms with Crippen molar-refractivity contribution < 1.29 is 4.42 Å². The maximum Gasteiger partial charge on any atom is 0.118 e. The fourth-order valence-corrected chi connectivity index (χ4v) is 3.74. The van der Waals surface area contributed by atoms with Gasteiger partial charge in [-0.3, -0.25) is 4.90 Å². The summed E-state index contributed by atoms with van der Waals surface area (Å²) in [5.41, 5.74) is 0. The first-order valence-corrected chi connectivity index (χ1v) is 7.30. The predicted octanol–water partition coefficient (Wildman–Crippen LogP) is 2.69. The van der Waals surface area contributed by atoms with Gasteiger partial charge in [0.2, 0.25) is 0 Å². The molecule has 0 aromatic carbocycles. The van der Waals surface area contributed by atoms with Crippen molar-refractivity contribution in [2.45, 2.75) is 64.2 Å². The molecule has 3 heteroatoms. The van der Waals surface area contributed by atoms with Crippen LogP contribution in [0.25, 0.3) is 0 Å². The first kappa shape index (κ1) is 12.2. The summed E-state index contributed by atoms with van der Waals surface area (Å²) in [5, 5.41) is 3.62. The lowest BCUT2D eigenvalue weighted by Gasteiger charge is -2.38. The highest BCUT2D eigenvalue weighted by molar-refractivity contribution is 5.07. The minimum atomic E-state index is 0.738. The molecule has 0 saturated carbocycles. The van der Waals surface area contributed by atoms with E-state index in [0.717, 1.165) is 42.7 Å². The van der Waals surface area contributed by atoms with Gasteiger partial charge in [-0.15, -0.1) is 0 Å². The highest BCUT2D eigenvalue weighted by atomic mass is 16.3. The summed E-state index contributed by atoms with van der Waals surface area (Å²) in [7, 11) is 0. The molecular weight excluding hydrogens is 224 g/mol. The maximum absolute atomic E-state index is 5.73. The molecule has 3 rings (SSSR count). The Labute approximate surface area is 110 Å². The topological polar surface area (TPSA) is 28.4 Å². The van der Waals surface area contributed by atoms with Crippen LogP contribution in [0.3, 0.4) is 0 Å². The highest BCUT2D eigenvalue weighted by Crippen LogP contribution is 2.36. The van der Waals surface area contributed by atoms with E-state index in [4.69, 9.17) is 4.42 Å². The van der Waals surface area contributed by atoms with Gasteiger partial charge in [-0.1, -0.05) is 6.92 Å². The second-order valence-corrected chi connectivity index (χ2v) is 5.80. The predicted molar refractivity (Wildman–Crippen MR) is 72.5 cm³/mol. The summed E-state index contributed by atoms with van der Waals surface area (Å²) in [5.74, 6) is 2.16. The lowest BCUT2D eigenvalue weighted by molar-refractivity contribution is 0.101. The van der Waals surface area contributed by atoms with E-state index in [0.29, 0.717) is 0 Å². The molecule has 1 aromatic rings. The van der Waals surface area contributed by atoms with Crippen LogP contribution < -0.4 is 5.32 Å². The Morgan fingerprint density at radius 2 is 2.00 bits per heavy atom. The number of piperidine rings is 1. The zero-order valence-corrected chi connectivity index (χ0v) is 11.5. The molecule has 18 heavy (non-hydrogen) atoms. The normalized spacial score (nSPS) is 32.0. The molecule has 0 spiro atoms. The molecule has 2 unspecified atom stereocenters. The van der Waals surface area contributed by atoms with Gasteiger partial charge in [0, 0.05) is 18.1 Å². The number of fused-ring (bicyclic) bond motifs is 2. The highest BCUT2D eigenvalue weighted by Gasteiger charge is 2.40. The van der Waals surface area contributed by atoms with Crippen LogP contribution in [0, 0.1) is 6.92 Å². The fraction of sp³-hybridized carbons (Fsp3) is 0.733. The van der Waals surface area contributed by atoms with Crippen LogP contribution in [0.1, 0.15) is 44.1 Å². The molecule has 0 amide bonds. The SMILES string of the molecule is CCNC1CC2CCC(C1)N2Cc1ccc(C)o1. The van der Waals surface area contributed by atoms with Crippen molar-refractivity contribution in [2.24, 2.45) is 0 Å². The van der Waals surface area contributed by atoms with E-state index >= 15 is 0 Å². The van der Waals surface area contributed by atoms with Gasteiger partial charge < -0.3 is 9.73 Å². The van der Waals surface area contributed by atoms with E-state index in [1.807, 2.05) is 6.92 Å². The molecule has 2 fully saturated rings. The minimum absolute atomic E-state index is 0.738. The van der Waals surface area contributed by atoms with Crippen molar-refractivity contribution in [2.75, 3.05) is 6.54 Å². The zero-order valence-electron chi connectivity index (χ0n) is 11.5. The number of hydrogen-bond donors (Lipinski definition) is 1. The number of rotatable bonds is 4. The maximum atomic E-state index is 5.73. The zero-order chi connectivity index (χ0) is 12.5. The third-order valence-corrected chi connectivity index (χ3v) is 4.51. The molecule has 2 aliphatic heterocycles. The van der Waals surface area contributed by atoms with Crippen molar-refractivity contribution in [3.8, 4) is 0 Å². The molecule has 0 aliphatic carbocycles. The molecule has 2 saturated heterocycles. The summed E-state index contributed by atoms with van der Waals surface area (Å²) in [4.78, 5) is 2.67. The van der Waals surface area contributed by atoms with Crippen molar-refractivity contribution >= 4 is 0 Å². The molecule has 3 heterocycles. The number of nitrogens with one attached hydrogen (secondary N) is 1. The molecule has 1 aromatic heterocycles. The summed E-state index contributed by atoms with van der Waals surface area (Å²) < 4.78 is 5.73. The largest absolute Gasteiger partial charge is 0.465 e. The molecule has 2 atom stereocenters. The standard InChI is InChI=1S/C15H24N2O/c1-3-16-12-8-13-5-6-14(9-12)17(13)10-15-7-4-11(2)18-15/h4,7,12-14,16H,3,5-6,8-10H2,1-2H3. The average molecular weight is 248 g/mol. The molecular formula is C15H24N2O. The molecule has 0 radical (unpaired) electrons. The summed E-state index contributed by atoms with van der Waals surface area (Å²) in [6.07, 6.45) is 5.35. The van der Waals surface area contributed by atoms with Crippen LogP contribution in [0.5, 0.6) is 0 Å². The number of hydrogen-bond acceptors (Lipinski definition) is 3. The lowest BCUT2D eigenvalue weighted by Crippen LogP contribution is -2.48. The fourth-order valence-electron chi connectivity index (χ4n) is 3.74. The van der Waals surface area contributed by atoms with Crippen LogP contribution in [0.2, 0.25) is 0 Å². The number of nitrogens with zero attached hydrogens (tertiary/aromatic N) is 1. The summed E-state index contributed by atoms with van der Waals surface area (Å²) in [6.45, 7) is 6.33. The molecule has 1 N–H and O–H groups in total. The van der Waals surface area contributed by atoms with Gasteiger partial charge in [0.1, 0.15) is 11.5 Å².